The molecule has 11 atom stereocenters. The van der Waals surface area contributed by atoms with Crippen molar-refractivity contribution in [2.45, 2.75) is 104 Å². The Labute approximate surface area is 177 Å². The summed E-state index contributed by atoms with van der Waals surface area (Å²) in [6.07, 6.45) is 9.33. The average molecular weight is 403 g/mol. The quantitative estimate of drug-likeness (QED) is 0.612. The van der Waals surface area contributed by atoms with E-state index < -0.39 is 0 Å². The Bertz CT molecular complexity index is 733. The van der Waals surface area contributed by atoms with Crippen LogP contribution in [0.3, 0.4) is 0 Å². The maximum absolute atomic E-state index is 11.8. The highest BCUT2D eigenvalue weighted by Gasteiger charge is 2.84. The molecule has 164 valence electrons. The molecule has 3 heteroatoms. The molecule has 1 aliphatic heterocycles. The summed E-state index contributed by atoms with van der Waals surface area (Å²) in [6.45, 7) is 12.9. The van der Waals surface area contributed by atoms with Gasteiger partial charge < -0.3 is 14.9 Å². The molecule has 3 nitrogen and oxygen atoms in total. The fraction of sp³-hybridized carbons (Fsp3) is 1.00. The van der Waals surface area contributed by atoms with Crippen LogP contribution in [0.15, 0.2) is 0 Å². The van der Waals surface area contributed by atoms with Crippen molar-refractivity contribution in [1.82, 2.24) is 0 Å². The van der Waals surface area contributed by atoms with Gasteiger partial charge in [0.15, 0.2) is 0 Å². The van der Waals surface area contributed by atoms with Gasteiger partial charge in [0.1, 0.15) is 0 Å². The highest BCUT2D eigenvalue weighted by molar-refractivity contribution is 5.32. The second kappa shape index (κ2) is 5.44. The summed E-state index contributed by atoms with van der Waals surface area (Å²) in [4.78, 5) is 0. The summed E-state index contributed by atoms with van der Waals surface area (Å²) in [6, 6.07) is 0. The molecular weight excluding hydrogens is 360 g/mol. The summed E-state index contributed by atoms with van der Waals surface area (Å²) >= 11 is 0. The Morgan fingerprint density at radius 1 is 0.828 bits per heavy atom. The Morgan fingerprint density at radius 2 is 1.52 bits per heavy atom. The largest absolute Gasteiger partial charge is 0.393 e. The monoisotopic (exact) mass is 402 g/mol. The van der Waals surface area contributed by atoms with E-state index in [1.165, 1.54) is 38.5 Å². The number of fused-ring (bicyclic) bond motifs is 4. The van der Waals surface area contributed by atoms with Gasteiger partial charge in [-0.05, 0) is 96.7 Å². The van der Waals surface area contributed by atoms with Gasteiger partial charge in [-0.3, -0.25) is 0 Å². The van der Waals surface area contributed by atoms with Crippen molar-refractivity contribution in [3.8, 4) is 0 Å². The zero-order valence-electron chi connectivity index (χ0n) is 19.2. The van der Waals surface area contributed by atoms with Crippen molar-refractivity contribution in [2.24, 2.45) is 50.7 Å². The van der Waals surface area contributed by atoms with E-state index in [4.69, 9.17) is 4.74 Å². The number of aliphatic hydroxyl groups is 2. The number of rotatable bonds is 0. The molecule has 29 heavy (non-hydrogen) atoms. The lowest BCUT2D eigenvalue weighted by Gasteiger charge is -2.63. The van der Waals surface area contributed by atoms with Crippen LogP contribution in [0.25, 0.3) is 0 Å². The maximum atomic E-state index is 11.8. The van der Waals surface area contributed by atoms with E-state index in [2.05, 4.69) is 34.6 Å². The van der Waals surface area contributed by atoms with E-state index in [1.807, 2.05) is 0 Å². The van der Waals surface area contributed by atoms with Gasteiger partial charge in [-0.1, -0.05) is 34.6 Å². The molecule has 0 aromatic carbocycles. The summed E-state index contributed by atoms with van der Waals surface area (Å²) in [5, 5.41) is 22.6. The molecule has 0 radical (unpaired) electrons. The minimum atomic E-state index is -0.321. The number of hydrogen-bond donors (Lipinski definition) is 2. The molecule has 1 saturated heterocycles. The molecular formula is C26H42O3. The topological polar surface area (TPSA) is 49.7 Å². The average Bonchev–Trinajstić information content (AvgIpc) is 3.30. The summed E-state index contributed by atoms with van der Waals surface area (Å²) in [7, 11) is 0. The third kappa shape index (κ3) is 1.87. The van der Waals surface area contributed by atoms with E-state index in [0.717, 1.165) is 19.4 Å². The summed E-state index contributed by atoms with van der Waals surface area (Å²) in [5.74, 6) is 2.43. The van der Waals surface area contributed by atoms with Crippen LogP contribution < -0.4 is 0 Å². The van der Waals surface area contributed by atoms with Gasteiger partial charge in [0.05, 0.1) is 18.3 Å². The van der Waals surface area contributed by atoms with Crippen LogP contribution >= 0.6 is 0 Å². The maximum Gasteiger partial charge on any atom is 0.0875 e. The lowest BCUT2D eigenvalue weighted by Crippen LogP contribution is -2.59. The molecule has 5 aliphatic carbocycles. The minimum absolute atomic E-state index is 0.0339. The third-order valence-corrected chi connectivity index (χ3v) is 12.8. The predicted octanol–water partition coefficient (Wildman–Crippen LogP) is 4.79. The Balaban J connectivity index is 1.43. The molecule has 0 aromatic rings. The minimum Gasteiger partial charge on any atom is -0.393 e. The molecule has 2 N–H and O–H groups in total. The molecule has 4 unspecified atom stereocenters. The molecule has 6 aliphatic rings. The van der Waals surface area contributed by atoms with E-state index >= 15 is 0 Å². The number of ether oxygens (including phenoxy) is 1. The van der Waals surface area contributed by atoms with E-state index in [-0.39, 0.29) is 34.6 Å². The van der Waals surface area contributed by atoms with Crippen molar-refractivity contribution < 1.29 is 14.9 Å². The molecule has 2 spiro atoms. The van der Waals surface area contributed by atoms with E-state index in [9.17, 15) is 10.2 Å². The first-order valence-corrected chi connectivity index (χ1v) is 12.5. The van der Waals surface area contributed by atoms with Gasteiger partial charge in [-0.2, -0.15) is 0 Å². The van der Waals surface area contributed by atoms with Crippen LogP contribution in [0.1, 0.15) is 86.0 Å². The first-order valence-electron chi connectivity index (χ1n) is 12.5. The SMILES string of the molecule is C[C@@H]1CCOC2[C@H]1[C@@]1(C)CCC34C[C@@]35CC[C@H](O)C(C)(C)C5CCC4[C@]1(C)[C@H]2O. The van der Waals surface area contributed by atoms with Crippen LogP contribution in [-0.4, -0.2) is 35.1 Å². The number of aliphatic hydroxyl groups excluding tert-OH is 2. The second-order valence-corrected chi connectivity index (χ2v) is 13.3. The molecule has 5 saturated carbocycles. The zero-order valence-corrected chi connectivity index (χ0v) is 19.2. The van der Waals surface area contributed by atoms with Gasteiger partial charge in [-0.25, -0.2) is 0 Å². The van der Waals surface area contributed by atoms with Gasteiger partial charge in [0.25, 0.3) is 0 Å². The normalized spacial score (nSPS) is 64.9. The van der Waals surface area contributed by atoms with Crippen molar-refractivity contribution in [3.63, 3.8) is 0 Å². The summed E-state index contributed by atoms with van der Waals surface area (Å²) in [5.41, 5.74) is 1.04. The highest BCUT2D eigenvalue weighted by atomic mass is 16.5. The van der Waals surface area contributed by atoms with Gasteiger partial charge >= 0.3 is 0 Å². The van der Waals surface area contributed by atoms with Crippen LogP contribution in [0, 0.1) is 50.7 Å². The van der Waals surface area contributed by atoms with Crippen LogP contribution in [0.4, 0.5) is 0 Å². The molecule has 0 aromatic heterocycles. The standard InChI is InChI=1S/C26H42O3/c1-15-9-13-29-20-19(15)23(4)11-12-26-14-25(26)10-8-18(27)22(2,3)16(25)6-7-17(26)24(23,5)21(20)28/h15-21,27-28H,6-14H2,1-5H3/t15-,16?,17?,18+,19+,20?,21+,23-,24-,25-,26?/m1/s1. The van der Waals surface area contributed by atoms with E-state index in [1.54, 1.807) is 0 Å². The summed E-state index contributed by atoms with van der Waals surface area (Å²) < 4.78 is 6.30. The fourth-order valence-electron chi connectivity index (χ4n) is 11.2. The van der Waals surface area contributed by atoms with Gasteiger partial charge in [-0.15, -0.1) is 0 Å². The van der Waals surface area contributed by atoms with Gasteiger partial charge in [0, 0.05) is 12.0 Å². The van der Waals surface area contributed by atoms with Gasteiger partial charge in [0.2, 0.25) is 0 Å². The molecule has 0 amide bonds. The smallest absolute Gasteiger partial charge is 0.0875 e. The highest BCUT2D eigenvalue weighted by Crippen LogP contribution is 2.89. The lowest BCUT2D eigenvalue weighted by molar-refractivity contribution is -0.182. The predicted molar refractivity (Wildman–Crippen MR) is 113 cm³/mol. The molecule has 1 heterocycles. The van der Waals surface area contributed by atoms with Crippen LogP contribution in [-0.2, 0) is 4.74 Å². The molecule has 0 bridgehead atoms. The first kappa shape index (κ1) is 19.6. The fourth-order valence-corrected chi connectivity index (χ4v) is 11.2. The lowest BCUT2D eigenvalue weighted by atomic mass is 9.41. The van der Waals surface area contributed by atoms with Crippen LogP contribution in [0.2, 0.25) is 0 Å². The van der Waals surface area contributed by atoms with Crippen LogP contribution in [0.5, 0.6) is 0 Å². The van der Waals surface area contributed by atoms with Crippen molar-refractivity contribution in [1.29, 1.82) is 0 Å². The van der Waals surface area contributed by atoms with Crippen molar-refractivity contribution in [2.75, 3.05) is 6.61 Å². The van der Waals surface area contributed by atoms with Crippen molar-refractivity contribution in [3.05, 3.63) is 0 Å². The Morgan fingerprint density at radius 3 is 2.28 bits per heavy atom. The molecule has 6 fully saturated rings. The van der Waals surface area contributed by atoms with E-state index in [0.29, 0.717) is 34.5 Å². The second-order valence-electron chi connectivity index (χ2n) is 13.3. The number of hydrogen-bond acceptors (Lipinski definition) is 3. The molecule has 6 rings (SSSR count). The van der Waals surface area contributed by atoms with Crippen molar-refractivity contribution >= 4 is 0 Å². The third-order valence-electron chi connectivity index (χ3n) is 12.8. The zero-order chi connectivity index (χ0) is 20.6. The Hall–Kier alpha value is -0.120. The first-order chi connectivity index (χ1) is 13.6. The Kier molecular flexibility index (Phi) is 3.67.